The molecule has 0 bridgehead atoms. The molecule has 0 amide bonds. The largest absolute Gasteiger partial charge is 0.394 e. The molecule has 1 fully saturated rings. The lowest BCUT2D eigenvalue weighted by molar-refractivity contribution is 0.172. The molecule has 1 aliphatic rings. The van der Waals surface area contributed by atoms with Gasteiger partial charge in [0.25, 0.3) is 0 Å². The summed E-state index contributed by atoms with van der Waals surface area (Å²) >= 11 is 7.96. The summed E-state index contributed by atoms with van der Waals surface area (Å²) in [5.74, 6) is 0.724. The number of nitrogens with zero attached hydrogens (tertiary/aromatic N) is 2. The van der Waals surface area contributed by atoms with E-state index in [-0.39, 0.29) is 17.4 Å². The lowest BCUT2D eigenvalue weighted by atomic mass is 9.82. The molecule has 0 atom stereocenters. The standard InChI is InChI=1S/C11H15ClIN3O/c12-10-14-6-8(13)9(15-10)16-11(7-17)4-2-1-3-5-11/h6,17H,1-5,7H2,(H,14,15,16). The Morgan fingerprint density at radius 2 is 2.12 bits per heavy atom. The molecule has 0 aromatic carbocycles. The fourth-order valence-electron chi connectivity index (χ4n) is 2.24. The third kappa shape index (κ3) is 3.20. The molecule has 1 aliphatic carbocycles. The van der Waals surface area contributed by atoms with Crippen LogP contribution in [0.3, 0.4) is 0 Å². The van der Waals surface area contributed by atoms with Crippen LogP contribution in [-0.2, 0) is 0 Å². The molecular formula is C11H15ClIN3O. The number of aromatic nitrogens is 2. The van der Waals surface area contributed by atoms with E-state index < -0.39 is 0 Å². The van der Waals surface area contributed by atoms with Crippen LogP contribution in [0, 0.1) is 3.57 Å². The Bertz CT molecular complexity index is 396. The zero-order valence-corrected chi connectivity index (χ0v) is 12.3. The highest BCUT2D eigenvalue weighted by Gasteiger charge is 2.32. The van der Waals surface area contributed by atoms with Gasteiger partial charge in [-0.1, -0.05) is 19.3 Å². The topological polar surface area (TPSA) is 58.0 Å². The van der Waals surface area contributed by atoms with Crippen LogP contribution >= 0.6 is 34.2 Å². The monoisotopic (exact) mass is 367 g/mol. The van der Waals surface area contributed by atoms with Crippen molar-refractivity contribution in [2.24, 2.45) is 0 Å². The number of hydrogen-bond donors (Lipinski definition) is 2. The number of halogens is 2. The van der Waals surface area contributed by atoms with Crippen LogP contribution in [0.25, 0.3) is 0 Å². The van der Waals surface area contributed by atoms with Crippen molar-refractivity contribution in [3.8, 4) is 0 Å². The van der Waals surface area contributed by atoms with Crippen molar-refractivity contribution in [2.75, 3.05) is 11.9 Å². The molecular weight excluding hydrogens is 352 g/mol. The van der Waals surface area contributed by atoms with Gasteiger partial charge in [-0.25, -0.2) is 4.98 Å². The zero-order valence-electron chi connectivity index (χ0n) is 9.42. The summed E-state index contributed by atoms with van der Waals surface area (Å²) in [6.45, 7) is 0.130. The fourth-order valence-corrected chi connectivity index (χ4v) is 2.76. The van der Waals surface area contributed by atoms with Gasteiger partial charge >= 0.3 is 0 Å². The Kier molecular flexibility index (Phi) is 4.43. The second kappa shape index (κ2) is 5.67. The van der Waals surface area contributed by atoms with Gasteiger partial charge in [0.05, 0.1) is 15.7 Å². The van der Waals surface area contributed by atoms with Crippen LogP contribution in [0.4, 0.5) is 5.82 Å². The number of aliphatic hydroxyl groups is 1. The van der Waals surface area contributed by atoms with Crippen LogP contribution in [0.2, 0.25) is 5.28 Å². The first-order valence-electron chi connectivity index (χ1n) is 5.72. The molecule has 0 aliphatic heterocycles. The Hall–Kier alpha value is -0.140. The Morgan fingerprint density at radius 3 is 2.76 bits per heavy atom. The quantitative estimate of drug-likeness (QED) is 0.637. The minimum Gasteiger partial charge on any atom is -0.394 e. The van der Waals surface area contributed by atoms with Crippen LogP contribution in [0.5, 0.6) is 0 Å². The van der Waals surface area contributed by atoms with E-state index in [1.807, 2.05) is 0 Å². The highest BCUT2D eigenvalue weighted by molar-refractivity contribution is 14.1. The predicted molar refractivity (Wildman–Crippen MR) is 76.3 cm³/mol. The number of anilines is 1. The normalized spacial score (nSPS) is 19.0. The highest BCUT2D eigenvalue weighted by Crippen LogP contribution is 2.32. The van der Waals surface area contributed by atoms with Crippen molar-refractivity contribution in [3.05, 3.63) is 15.1 Å². The van der Waals surface area contributed by atoms with E-state index in [0.29, 0.717) is 0 Å². The van der Waals surface area contributed by atoms with E-state index >= 15 is 0 Å². The predicted octanol–water partition coefficient (Wildman–Crippen LogP) is 2.84. The van der Waals surface area contributed by atoms with Crippen molar-refractivity contribution in [1.29, 1.82) is 0 Å². The maximum absolute atomic E-state index is 9.62. The lowest BCUT2D eigenvalue weighted by Crippen LogP contribution is -2.44. The van der Waals surface area contributed by atoms with Crippen molar-refractivity contribution >= 4 is 40.0 Å². The van der Waals surface area contributed by atoms with Crippen molar-refractivity contribution in [1.82, 2.24) is 9.97 Å². The summed E-state index contributed by atoms with van der Waals surface area (Å²) in [7, 11) is 0. The number of aliphatic hydroxyl groups excluding tert-OH is 1. The minimum atomic E-state index is -0.240. The smallest absolute Gasteiger partial charge is 0.224 e. The molecule has 0 radical (unpaired) electrons. The summed E-state index contributed by atoms with van der Waals surface area (Å²) in [6, 6.07) is 0. The Labute approximate surface area is 119 Å². The van der Waals surface area contributed by atoms with E-state index in [1.165, 1.54) is 6.42 Å². The first-order chi connectivity index (χ1) is 8.15. The first kappa shape index (κ1) is 13.3. The third-order valence-corrected chi connectivity index (χ3v) is 4.18. The van der Waals surface area contributed by atoms with Gasteiger partial charge in [-0.3, -0.25) is 0 Å². The van der Waals surface area contributed by atoms with Crippen molar-refractivity contribution in [3.63, 3.8) is 0 Å². The molecule has 2 N–H and O–H groups in total. The van der Waals surface area contributed by atoms with Gasteiger partial charge in [0.1, 0.15) is 5.82 Å². The third-order valence-electron chi connectivity index (χ3n) is 3.21. The summed E-state index contributed by atoms with van der Waals surface area (Å²) in [5, 5.41) is 13.2. The highest BCUT2D eigenvalue weighted by atomic mass is 127. The molecule has 1 saturated carbocycles. The van der Waals surface area contributed by atoms with E-state index in [9.17, 15) is 5.11 Å². The summed E-state index contributed by atoms with van der Waals surface area (Å²) in [4.78, 5) is 8.11. The number of rotatable bonds is 3. The first-order valence-corrected chi connectivity index (χ1v) is 7.18. The van der Waals surface area contributed by atoms with Crippen LogP contribution in [0.15, 0.2) is 6.20 Å². The van der Waals surface area contributed by atoms with Gasteiger partial charge in [0, 0.05) is 6.20 Å². The molecule has 94 valence electrons. The van der Waals surface area contributed by atoms with Gasteiger partial charge in [-0.15, -0.1) is 0 Å². The molecule has 4 nitrogen and oxygen atoms in total. The fraction of sp³-hybridized carbons (Fsp3) is 0.636. The summed E-state index contributed by atoms with van der Waals surface area (Å²) < 4.78 is 0.922. The molecule has 2 rings (SSSR count). The van der Waals surface area contributed by atoms with Gasteiger partial charge in [0.2, 0.25) is 5.28 Å². The average Bonchev–Trinajstić information content (AvgIpc) is 2.35. The van der Waals surface area contributed by atoms with Gasteiger partial charge in [0.15, 0.2) is 0 Å². The maximum atomic E-state index is 9.62. The molecule has 0 spiro atoms. The van der Waals surface area contributed by atoms with Gasteiger partial charge in [-0.05, 0) is 47.0 Å². The zero-order chi connectivity index (χ0) is 12.3. The average molecular weight is 368 g/mol. The second-order valence-electron chi connectivity index (χ2n) is 4.46. The van der Waals surface area contributed by atoms with E-state index in [1.54, 1.807) is 6.20 Å². The Balaban J connectivity index is 2.20. The summed E-state index contributed by atoms with van der Waals surface area (Å²) in [5.41, 5.74) is -0.240. The summed E-state index contributed by atoms with van der Waals surface area (Å²) in [6.07, 6.45) is 7.16. The van der Waals surface area contributed by atoms with E-state index in [0.717, 1.165) is 35.1 Å². The van der Waals surface area contributed by atoms with Gasteiger partial charge < -0.3 is 10.4 Å². The van der Waals surface area contributed by atoms with Crippen molar-refractivity contribution in [2.45, 2.75) is 37.6 Å². The lowest BCUT2D eigenvalue weighted by Gasteiger charge is -2.37. The van der Waals surface area contributed by atoms with Gasteiger partial charge in [-0.2, -0.15) is 4.98 Å². The minimum absolute atomic E-state index is 0.130. The van der Waals surface area contributed by atoms with Crippen LogP contribution < -0.4 is 5.32 Å². The molecule has 0 saturated heterocycles. The SMILES string of the molecule is OCC1(Nc2nc(Cl)ncc2I)CCCCC1. The molecule has 1 heterocycles. The molecule has 6 heteroatoms. The Morgan fingerprint density at radius 1 is 1.41 bits per heavy atom. The van der Waals surface area contributed by atoms with Crippen molar-refractivity contribution < 1.29 is 5.11 Å². The van der Waals surface area contributed by atoms with E-state index in [2.05, 4.69) is 37.9 Å². The maximum Gasteiger partial charge on any atom is 0.224 e. The molecule has 0 unspecified atom stereocenters. The molecule has 1 aromatic rings. The number of hydrogen-bond acceptors (Lipinski definition) is 4. The number of nitrogens with one attached hydrogen (secondary N) is 1. The molecule has 1 aromatic heterocycles. The second-order valence-corrected chi connectivity index (χ2v) is 5.96. The molecule has 17 heavy (non-hydrogen) atoms. The van der Waals surface area contributed by atoms with Crippen LogP contribution in [0.1, 0.15) is 32.1 Å². The van der Waals surface area contributed by atoms with E-state index in [4.69, 9.17) is 11.6 Å². The van der Waals surface area contributed by atoms with Crippen LogP contribution in [-0.4, -0.2) is 27.2 Å².